The van der Waals surface area contributed by atoms with Gasteiger partial charge in [-0.25, -0.2) is 0 Å². The predicted molar refractivity (Wildman–Crippen MR) is 69.0 cm³/mol. The van der Waals surface area contributed by atoms with Gasteiger partial charge in [-0.1, -0.05) is 35.8 Å². The minimum absolute atomic E-state index is 0.0249. The number of non-ortho nitro benzene ring substituents is 1. The zero-order valence-corrected chi connectivity index (χ0v) is 11.4. The van der Waals surface area contributed by atoms with Crippen LogP contribution in [-0.4, -0.2) is 10.7 Å². The molecule has 0 amide bonds. The van der Waals surface area contributed by atoms with Crippen molar-refractivity contribution in [1.82, 2.24) is 0 Å². The summed E-state index contributed by atoms with van der Waals surface area (Å²) in [6.45, 7) is 3.98. The number of ketones is 1. The van der Waals surface area contributed by atoms with Crippen LogP contribution >= 0.6 is 15.9 Å². The van der Waals surface area contributed by atoms with Gasteiger partial charge in [0.05, 0.1) is 4.92 Å². The highest BCUT2D eigenvalue weighted by atomic mass is 79.9. The molecule has 0 aliphatic carbocycles. The van der Waals surface area contributed by atoms with E-state index in [1.165, 1.54) is 12.1 Å². The molecule has 0 unspecified atom stereocenters. The Morgan fingerprint density at radius 2 is 2.12 bits per heavy atom. The number of benzene rings is 1. The van der Waals surface area contributed by atoms with Gasteiger partial charge in [0, 0.05) is 29.4 Å². The summed E-state index contributed by atoms with van der Waals surface area (Å²) in [5, 5.41) is 10.5. The van der Waals surface area contributed by atoms with E-state index in [0.717, 1.165) is 5.56 Å². The van der Waals surface area contributed by atoms with Crippen LogP contribution in [0.3, 0.4) is 0 Å². The maximum Gasteiger partial charge on any atom is 0.270 e. The number of halogens is 1. The first kappa shape index (κ1) is 13.8. The van der Waals surface area contributed by atoms with Gasteiger partial charge in [0.1, 0.15) is 5.78 Å². The van der Waals surface area contributed by atoms with E-state index in [2.05, 4.69) is 15.9 Å². The van der Waals surface area contributed by atoms with Gasteiger partial charge in [-0.15, -0.1) is 0 Å². The van der Waals surface area contributed by atoms with Crippen LogP contribution in [0, 0.1) is 16.0 Å². The summed E-state index contributed by atoms with van der Waals surface area (Å²) < 4.78 is 0.615. The maximum absolute atomic E-state index is 11.6. The SMILES string of the molecule is CC(C)CC(=O)Cc1ccc([N+](=O)[O-])cc1Br. The third kappa shape index (κ3) is 4.26. The van der Waals surface area contributed by atoms with Crippen LogP contribution in [-0.2, 0) is 11.2 Å². The van der Waals surface area contributed by atoms with Crippen LogP contribution in [0.15, 0.2) is 22.7 Å². The molecule has 0 fully saturated rings. The first-order valence-corrected chi connectivity index (χ1v) is 6.14. The standard InChI is InChI=1S/C12H14BrNO3/c1-8(2)5-11(15)6-9-3-4-10(14(16)17)7-12(9)13/h3-4,7-8H,5-6H2,1-2H3. The number of nitro benzene ring substituents is 1. The van der Waals surface area contributed by atoms with Crippen molar-refractivity contribution < 1.29 is 9.72 Å². The van der Waals surface area contributed by atoms with Crippen LogP contribution < -0.4 is 0 Å². The van der Waals surface area contributed by atoms with Crippen molar-refractivity contribution in [2.45, 2.75) is 26.7 Å². The van der Waals surface area contributed by atoms with E-state index in [4.69, 9.17) is 0 Å². The number of nitrogens with zero attached hydrogens (tertiary/aromatic N) is 1. The van der Waals surface area contributed by atoms with Gasteiger partial charge in [0.2, 0.25) is 0 Å². The monoisotopic (exact) mass is 299 g/mol. The molecule has 0 atom stereocenters. The summed E-state index contributed by atoms with van der Waals surface area (Å²) >= 11 is 3.25. The van der Waals surface area contributed by atoms with Gasteiger partial charge in [-0.05, 0) is 11.5 Å². The summed E-state index contributed by atoms with van der Waals surface area (Å²) in [5.74, 6) is 0.480. The van der Waals surface area contributed by atoms with Gasteiger partial charge in [0.25, 0.3) is 5.69 Å². The molecule has 0 heterocycles. The molecule has 0 spiro atoms. The molecule has 1 aromatic rings. The highest BCUT2D eigenvalue weighted by molar-refractivity contribution is 9.10. The summed E-state index contributed by atoms with van der Waals surface area (Å²) in [5.41, 5.74) is 0.818. The van der Waals surface area contributed by atoms with Crippen molar-refractivity contribution in [1.29, 1.82) is 0 Å². The van der Waals surface area contributed by atoms with Gasteiger partial charge in [-0.2, -0.15) is 0 Å². The summed E-state index contributed by atoms with van der Waals surface area (Å²) in [4.78, 5) is 21.7. The van der Waals surface area contributed by atoms with Crippen LogP contribution in [0.25, 0.3) is 0 Å². The highest BCUT2D eigenvalue weighted by Gasteiger charge is 2.12. The van der Waals surface area contributed by atoms with Gasteiger partial charge >= 0.3 is 0 Å². The molecule has 4 nitrogen and oxygen atoms in total. The number of hydrogen-bond donors (Lipinski definition) is 0. The number of nitro groups is 1. The van der Waals surface area contributed by atoms with E-state index in [1.54, 1.807) is 6.07 Å². The topological polar surface area (TPSA) is 60.2 Å². The summed E-state index contributed by atoms with van der Waals surface area (Å²) in [6.07, 6.45) is 0.847. The molecule has 0 saturated carbocycles. The molecule has 0 N–H and O–H groups in total. The second kappa shape index (κ2) is 5.91. The minimum atomic E-state index is -0.454. The van der Waals surface area contributed by atoms with E-state index in [9.17, 15) is 14.9 Å². The molecule has 92 valence electrons. The van der Waals surface area contributed by atoms with E-state index >= 15 is 0 Å². The Balaban J connectivity index is 2.79. The number of carbonyl (C=O) groups excluding carboxylic acids is 1. The molecule has 0 aromatic heterocycles. The Morgan fingerprint density at radius 3 is 2.59 bits per heavy atom. The Morgan fingerprint density at radius 1 is 1.47 bits per heavy atom. The maximum atomic E-state index is 11.6. The van der Waals surface area contributed by atoms with Crippen molar-refractivity contribution in [3.63, 3.8) is 0 Å². The lowest BCUT2D eigenvalue weighted by atomic mass is 10.0. The van der Waals surface area contributed by atoms with Crippen LogP contribution in [0.4, 0.5) is 5.69 Å². The lowest BCUT2D eigenvalue weighted by Crippen LogP contribution is -2.06. The molecule has 17 heavy (non-hydrogen) atoms. The molecule has 0 bridgehead atoms. The second-order valence-electron chi connectivity index (χ2n) is 4.35. The largest absolute Gasteiger partial charge is 0.299 e. The van der Waals surface area contributed by atoms with E-state index < -0.39 is 4.92 Å². The molecule has 5 heteroatoms. The number of carbonyl (C=O) groups is 1. The second-order valence-corrected chi connectivity index (χ2v) is 5.20. The third-order valence-electron chi connectivity index (χ3n) is 2.27. The lowest BCUT2D eigenvalue weighted by Gasteiger charge is -2.05. The van der Waals surface area contributed by atoms with Crippen LogP contribution in [0.2, 0.25) is 0 Å². The van der Waals surface area contributed by atoms with E-state index in [0.29, 0.717) is 23.2 Å². The zero-order chi connectivity index (χ0) is 13.0. The molecule has 0 saturated heterocycles. The normalized spacial score (nSPS) is 10.6. The molecular formula is C12H14BrNO3. The number of Topliss-reactive ketones (excluding diaryl/α,β-unsaturated/α-hetero) is 1. The average Bonchev–Trinajstić information content (AvgIpc) is 2.19. The van der Waals surface area contributed by atoms with Crippen molar-refractivity contribution in [2.75, 3.05) is 0 Å². The zero-order valence-electron chi connectivity index (χ0n) is 9.77. The van der Waals surface area contributed by atoms with Crippen molar-refractivity contribution in [3.8, 4) is 0 Å². The molecule has 1 aromatic carbocycles. The van der Waals surface area contributed by atoms with Gasteiger partial charge < -0.3 is 0 Å². The minimum Gasteiger partial charge on any atom is -0.299 e. The third-order valence-corrected chi connectivity index (χ3v) is 3.01. The fourth-order valence-corrected chi connectivity index (χ4v) is 2.04. The lowest BCUT2D eigenvalue weighted by molar-refractivity contribution is -0.384. The molecule has 0 radical (unpaired) electrons. The Kier molecular flexibility index (Phi) is 4.81. The summed E-state index contributed by atoms with van der Waals surface area (Å²) in [6, 6.07) is 4.47. The number of rotatable bonds is 5. The molecular weight excluding hydrogens is 286 g/mol. The Labute approximate surface area is 108 Å². The highest BCUT2D eigenvalue weighted by Crippen LogP contribution is 2.24. The fraction of sp³-hybridized carbons (Fsp3) is 0.417. The summed E-state index contributed by atoms with van der Waals surface area (Å²) in [7, 11) is 0. The fourth-order valence-electron chi connectivity index (χ4n) is 1.53. The Hall–Kier alpha value is -1.23. The Bertz CT molecular complexity index is 443. The van der Waals surface area contributed by atoms with Crippen molar-refractivity contribution in [2.24, 2.45) is 5.92 Å². The molecule has 1 rings (SSSR count). The van der Waals surface area contributed by atoms with Crippen LogP contribution in [0.5, 0.6) is 0 Å². The molecule has 0 aliphatic rings. The van der Waals surface area contributed by atoms with E-state index in [1.807, 2.05) is 13.8 Å². The van der Waals surface area contributed by atoms with Gasteiger partial charge in [-0.3, -0.25) is 14.9 Å². The quantitative estimate of drug-likeness (QED) is 0.617. The predicted octanol–water partition coefficient (Wildman–Crippen LogP) is 3.52. The van der Waals surface area contributed by atoms with E-state index in [-0.39, 0.29) is 11.5 Å². The smallest absolute Gasteiger partial charge is 0.270 e. The first-order valence-electron chi connectivity index (χ1n) is 5.34. The van der Waals surface area contributed by atoms with Crippen LogP contribution in [0.1, 0.15) is 25.8 Å². The number of hydrogen-bond acceptors (Lipinski definition) is 3. The van der Waals surface area contributed by atoms with Gasteiger partial charge in [0.15, 0.2) is 0 Å². The van der Waals surface area contributed by atoms with Crippen molar-refractivity contribution >= 4 is 27.4 Å². The first-order chi connectivity index (χ1) is 7.90. The molecule has 0 aliphatic heterocycles. The van der Waals surface area contributed by atoms with Crippen molar-refractivity contribution in [3.05, 3.63) is 38.3 Å². The average molecular weight is 300 g/mol.